The van der Waals surface area contributed by atoms with Crippen LogP contribution in [0.4, 0.5) is 11.4 Å². The number of carbonyl (C=O) groups excluding carboxylic acids is 1. The molecule has 0 saturated heterocycles. The zero-order valence-corrected chi connectivity index (χ0v) is 14.1. The molecular weight excluding hydrogens is 284 g/mol. The Morgan fingerprint density at radius 2 is 1.83 bits per heavy atom. The van der Waals surface area contributed by atoms with Crippen LogP contribution in [0.3, 0.4) is 0 Å². The summed E-state index contributed by atoms with van der Waals surface area (Å²) in [6.45, 7) is 7.04. The minimum atomic E-state index is 0.0824. The Hall–Kier alpha value is -2.29. The zero-order valence-electron chi connectivity index (χ0n) is 14.1. The van der Waals surface area contributed by atoms with E-state index in [0.29, 0.717) is 12.5 Å². The molecule has 0 fully saturated rings. The van der Waals surface area contributed by atoms with Crippen molar-refractivity contribution in [2.45, 2.75) is 39.7 Å². The van der Waals surface area contributed by atoms with Crippen LogP contribution in [0.2, 0.25) is 0 Å². The van der Waals surface area contributed by atoms with Crippen molar-refractivity contribution in [1.82, 2.24) is 0 Å². The maximum absolute atomic E-state index is 12.4. The molecule has 1 unspecified atom stereocenters. The largest absolute Gasteiger partial charge is 0.368 e. The van der Waals surface area contributed by atoms with Gasteiger partial charge in [0.25, 0.3) is 0 Å². The fourth-order valence-corrected chi connectivity index (χ4v) is 3.41. The number of para-hydroxylation sites is 2. The number of aryl methyl sites for hydroxylation is 2. The standard InChI is InChI=1S/C20H24N2O/c1-14-7-6-8-15(2)20(14)21-19(23)11-12-22-16(3)13-17-9-4-5-10-18(17)22/h4-10,16H,11-13H2,1-3H3,(H,21,23). The van der Waals surface area contributed by atoms with Gasteiger partial charge in [-0.3, -0.25) is 4.79 Å². The summed E-state index contributed by atoms with van der Waals surface area (Å²) in [6.07, 6.45) is 1.57. The summed E-state index contributed by atoms with van der Waals surface area (Å²) >= 11 is 0. The van der Waals surface area contributed by atoms with E-state index < -0.39 is 0 Å². The first-order chi connectivity index (χ1) is 11.1. The second-order valence-electron chi connectivity index (χ2n) is 6.44. The van der Waals surface area contributed by atoms with Crippen LogP contribution < -0.4 is 10.2 Å². The van der Waals surface area contributed by atoms with Crippen molar-refractivity contribution in [2.24, 2.45) is 0 Å². The van der Waals surface area contributed by atoms with Crippen LogP contribution in [0.25, 0.3) is 0 Å². The number of nitrogens with one attached hydrogen (secondary N) is 1. The molecule has 0 bridgehead atoms. The van der Waals surface area contributed by atoms with E-state index in [4.69, 9.17) is 0 Å². The normalized spacial score (nSPS) is 16.3. The van der Waals surface area contributed by atoms with Gasteiger partial charge in [0.05, 0.1) is 0 Å². The van der Waals surface area contributed by atoms with Crippen LogP contribution in [0, 0.1) is 13.8 Å². The summed E-state index contributed by atoms with van der Waals surface area (Å²) in [6, 6.07) is 15.0. The van der Waals surface area contributed by atoms with Gasteiger partial charge < -0.3 is 10.2 Å². The van der Waals surface area contributed by atoms with E-state index in [2.05, 4.69) is 41.4 Å². The molecule has 2 aromatic rings. The molecule has 1 aliphatic rings. The van der Waals surface area contributed by atoms with Gasteiger partial charge in [0, 0.05) is 30.4 Å². The molecule has 3 nitrogen and oxygen atoms in total. The number of rotatable bonds is 4. The van der Waals surface area contributed by atoms with Gasteiger partial charge in [-0.05, 0) is 49.9 Å². The van der Waals surface area contributed by atoms with E-state index >= 15 is 0 Å². The Morgan fingerprint density at radius 1 is 1.13 bits per heavy atom. The molecule has 1 atom stereocenters. The molecular formula is C20H24N2O. The Labute approximate surface area is 138 Å². The molecule has 0 radical (unpaired) electrons. The average molecular weight is 308 g/mol. The molecule has 1 N–H and O–H groups in total. The van der Waals surface area contributed by atoms with Crippen LogP contribution in [-0.4, -0.2) is 18.5 Å². The third-order valence-electron chi connectivity index (χ3n) is 4.67. The van der Waals surface area contributed by atoms with E-state index in [1.165, 1.54) is 11.3 Å². The van der Waals surface area contributed by atoms with Gasteiger partial charge in [-0.15, -0.1) is 0 Å². The van der Waals surface area contributed by atoms with E-state index in [0.717, 1.165) is 29.8 Å². The molecule has 23 heavy (non-hydrogen) atoms. The molecule has 2 aromatic carbocycles. The van der Waals surface area contributed by atoms with Crippen LogP contribution in [0.5, 0.6) is 0 Å². The van der Waals surface area contributed by atoms with E-state index in [1.54, 1.807) is 0 Å². The molecule has 0 aromatic heterocycles. The van der Waals surface area contributed by atoms with Gasteiger partial charge >= 0.3 is 0 Å². The predicted molar refractivity (Wildman–Crippen MR) is 96.1 cm³/mol. The van der Waals surface area contributed by atoms with Crippen LogP contribution in [-0.2, 0) is 11.2 Å². The number of hydrogen-bond donors (Lipinski definition) is 1. The van der Waals surface area contributed by atoms with Crippen molar-refractivity contribution in [1.29, 1.82) is 0 Å². The second-order valence-corrected chi connectivity index (χ2v) is 6.44. The Balaban J connectivity index is 1.64. The first-order valence-electron chi connectivity index (χ1n) is 8.27. The van der Waals surface area contributed by atoms with Crippen molar-refractivity contribution in [3.05, 3.63) is 59.2 Å². The number of anilines is 2. The van der Waals surface area contributed by atoms with Crippen LogP contribution in [0.1, 0.15) is 30.0 Å². The number of benzene rings is 2. The van der Waals surface area contributed by atoms with Gasteiger partial charge in [0.15, 0.2) is 0 Å². The summed E-state index contributed by atoms with van der Waals surface area (Å²) < 4.78 is 0. The molecule has 3 rings (SSSR count). The minimum absolute atomic E-state index is 0.0824. The van der Waals surface area contributed by atoms with Crippen molar-refractivity contribution in [2.75, 3.05) is 16.8 Å². The zero-order chi connectivity index (χ0) is 16.4. The molecule has 0 aliphatic carbocycles. The van der Waals surface area contributed by atoms with Gasteiger partial charge in [-0.1, -0.05) is 36.4 Å². The highest BCUT2D eigenvalue weighted by molar-refractivity contribution is 5.92. The quantitative estimate of drug-likeness (QED) is 0.923. The van der Waals surface area contributed by atoms with Crippen molar-refractivity contribution >= 4 is 17.3 Å². The number of fused-ring (bicyclic) bond motifs is 1. The summed E-state index contributed by atoms with van der Waals surface area (Å²) in [5, 5.41) is 3.08. The SMILES string of the molecule is Cc1cccc(C)c1NC(=O)CCN1c2ccccc2CC1C. The fraction of sp³-hybridized carbons (Fsp3) is 0.350. The lowest BCUT2D eigenvalue weighted by Crippen LogP contribution is -2.32. The maximum atomic E-state index is 12.4. The van der Waals surface area contributed by atoms with E-state index in [1.807, 2.05) is 32.0 Å². The molecule has 1 heterocycles. The highest BCUT2D eigenvalue weighted by atomic mass is 16.1. The summed E-state index contributed by atoms with van der Waals surface area (Å²) in [5.74, 6) is 0.0824. The van der Waals surface area contributed by atoms with Gasteiger partial charge in [0.2, 0.25) is 5.91 Å². The van der Waals surface area contributed by atoms with Gasteiger partial charge in [0.1, 0.15) is 0 Å². The Morgan fingerprint density at radius 3 is 2.57 bits per heavy atom. The molecule has 1 amide bonds. The average Bonchev–Trinajstić information content (AvgIpc) is 2.84. The van der Waals surface area contributed by atoms with Gasteiger partial charge in [-0.2, -0.15) is 0 Å². The van der Waals surface area contributed by atoms with Crippen molar-refractivity contribution in [3.63, 3.8) is 0 Å². The molecule has 3 heteroatoms. The molecule has 0 saturated carbocycles. The van der Waals surface area contributed by atoms with Crippen molar-refractivity contribution < 1.29 is 4.79 Å². The van der Waals surface area contributed by atoms with Crippen LogP contribution >= 0.6 is 0 Å². The van der Waals surface area contributed by atoms with E-state index in [-0.39, 0.29) is 5.91 Å². The molecule has 120 valence electrons. The monoisotopic (exact) mass is 308 g/mol. The lowest BCUT2D eigenvalue weighted by molar-refractivity contribution is -0.116. The molecule has 0 spiro atoms. The topological polar surface area (TPSA) is 32.3 Å². The highest BCUT2D eigenvalue weighted by Crippen LogP contribution is 2.31. The predicted octanol–water partition coefficient (Wildman–Crippen LogP) is 4.08. The van der Waals surface area contributed by atoms with Crippen molar-refractivity contribution in [3.8, 4) is 0 Å². The number of nitrogens with zero attached hydrogens (tertiary/aromatic N) is 1. The first kappa shape index (κ1) is 15.6. The first-order valence-corrected chi connectivity index (χ1v) is 8.27. The number of carbonyl (C=O) groups is 1. The lowest BCUT2D eigenvalue weighted by atomic mass is 10.1. The number of amides is 1. The lowest BCUT2D eigenvalue weighted by Gasteiger charge is -2.24. The summed E-state index contributed by atoms with van der Waals surface area (Å²) in [5.41, 5.74) is 5.83. The Kier molecular flexibility index (Phi) is 4.37. The summed E-state index contributed by atoms with van der Waals surface area (Å²) in [7, 11) is 0. The van der Waals surface area contributed by atoms with Gasteiger partial charge in [-0.25, -0.2) is 0 Å². The highest BCUT2D eigenvalue weighted by Gasteiger charge is 2.25. The Bertz CT molecular complexity index is 703. The smallest absolute Gasteiger partial charge is 0.226 e. The third-order valence-corrected chi connectivity index (χ3v) is 4.67. The fourth-order valence-electron chi connectivity index (χ4n) is 3.41. The minimum Gasteiger partial charge on any atom is -0.368 e. The molecule has 1 aliphatic heterocycles. The third kappa shape index (κ3) is 3.24. The van der Waals surface area contributed by atoms with E-state index in [9.17, 15) is 4.79 Å². The second kappa shape index (κ2) is 6.45. The maximum Gasteiger partial charge on any atom is 0.226 e. The van der Waals surface area contributed by atoms with Crippen LogP contribution in [0.15, 0.2) is 42.5 Å². The number of hydrogen-bond acceptors (Lipinski definition) is 2. The summed E-state index contributed by atoms with van der Waals surface area (Å²) in [4.78, 5) is 14.7.